The number of ether oxygens (including phenoxy) is 2. The van der Waals surface area contributed by atoms with Gasteiger partial charge in [0, 0.05) is 32.2 Å². The number of carbonyl (C=O) groups excluding carboxylic acids is 2. The molecule has 1 N–H and O–H groups in total. The van der Waals surface area contributed by atoms with Gasteiger partial charge in [0.25, 0.3) is 5.91 Å². The van der Waals surface area contributed by atoms with Gasteiger partial charge in [-0.3, -0.25) is 9.48 Å². The number of rotatable bonds is 6. The van der Waals surface area contributed by atoms with Crippen LogP contribution in [-0.4, -0.2) is 48.0 Å². The molecule has 3 heterocycles. The monoisotopic (exact) mass is 453 g/mol. The van der Waals surface area contributed by atoms with E-state index in [0.29, 0.717) is 31.7 Å². The molecule has 1 atom stereocenters. The van der Waals surface area contributed by atoms with Gasteiger partial charge in [-0.05, 0) is 62.1 Å². The number of amides is 1. The number of aromatic nitrogens is 2. The highest BCUT2D eigenvalue weighted by molar-refractivity contribution is 5.97. The van der Waals surface area contributed by atoms with Crippen LogP contribution in [0.5, 0.6) is 0 Å². The molecule has 4 rings (SSSR count). The summed E-state index contributed by atoms with van der Waals surface area (Å²) in [6.07, 6.45) is 3.38. The fourth-order valence-corrected chi connectivity index (χ4v) is 4.94. The highest BCUT2D eigenvalue weighted by Gasteiger charge is 2.39. The lowest BCUT2D eigenvalue weighted by atomic mass is 9.76. The molecule has 0 bridgehead atoms. The predicted molar refractivity (Wildman–Crippen MR) is 125 cm³/mol. The molecule has 0 radical (unpaired) electrons. The van der Waals surface area contributed by atoms with Crippen molar-refractivity contribution in [3.63, 3.8) is 0 Å². The quantitative estimate of drug-likeness (QED) is 0.676. The first-order valence-corrected chi connectivity index (χ1v) is 12.0. The Bertz CT molecular complexity index is 1040. The summed E-state index contributed by atoms with van der Waals surface area (Å²) in [4.78, 5) is 25.6. The van der Waals surface area contributed by atoms with Gasteiger partial charge >= 0.3 is 5.97 Å². The van der Waals surface area contributed by atoms with Gasteiger partial charge in [-0.25, -0.2) is 4.79 Å². The van der Waals surface area contributed by atoms with Gasteiger partial charge in [-0.1, -0.05) is 26.0 Å². The molecule has 0 unspecified atom stereocenters. The Morgan fingerprint density at radius 2 is 2.06 bits per heavy atom. The van der Waals surface area contributed by atoms with Crippen LogP contribution in [0.2, 0.25) is 0 Å². The van der Waals surface area contributed by atoms with E-state index in [2.05, 4.69) is 12.2 Å². The first kappa shape index (κ1) is 23.5. The first-order chi connectivity index (χ1) is 15.8. The number of nitrogens with one attached hydrogen (secondary N) is 1. The molecule has 2 aromatic rings. The summed E-state index contributed by atoms with van der Waals surface area (Å²) in [5, 5.41) is 7.97. The van der Waals surface area contributed by atoms with Crippen molar-refractivity contribution in [2.45, 2.75) is 59.9 Å². The minimum atomic E-state index is -0.294. The molecule has 1 amide bonds. The number of nitrogens with zero attached hydrogens (tertiary/aromatic N) is 2. The summed E-state index contributed by atoms with van der Waals surface area (Å²) < 4.78 is 13.2. The van der Waals surface area contributed by atoms with E-state index in [1.807, 2.05) is 43.7 Å². The minimum absolute atomic E-state index is 0.0142. The molecule has 0 saturated carbocycles. The molecule has 1 aromatic carbocycles. The average Bonchev–Trinajstić information content (AvgIpc) is 3.07. The maximum absolute atomic E-state index is 13.0. The Balaban J connectivity index is 1.50. The number of benzene rings is 1. The van der Waals surface area contributed by atoms with Gasteiger partial charge in [0.2, 0.25) is 0 Å². The van der Waals surface area contributed by atoms with Crippen LogP contribution < -0.4 is 5.32 Å². The Labute approximate surface area is 195 Å². The van der Waals surface area contributed by atoms with Crippen LogP contribution in [0.3, 0.4) is 0 Å². The Morgan fingerprint density at radius 1 is 1.30 bits per heavy atom. The van der Waals surface area contributed by atoms with Gasteiger partial charge < -0.3 is 14.8 Å². The van der Waals surface area contributed by atoms with Crippen molar-refractivity contribution in [2.24, 2.45) is 11.3 Å². The van der Waals surface area contributed by atoms with Crippen LogP contribution in [0.25, 0.3) is 0 Å². The van der Waals surface area contributed by atoms with E-state index in [1.165, 1.54) is 0 Å². The van der Waals surface area contributed by atoms with Gasteiger partial charge in [-0.15, -0.1) is 0 Å². The molecule has 1 spiro atoms. The van der Waals surface area contributed by atoms with Crippen molar-refractivity contribution in [3.8, 4) is 0 Å². The van der Waals surface area contributed by atoms with E-state index in [9.17, 15) is 9.59 Å². The molecule has 7 nitrogen and oxygen atoms in total. The van der Waals surface area contributed by atoms with Crippen LogP contribution in [0.4, 0.5) is 0 Å². The van der Waals surface area contributed by atoms with Gasteiger partial charge in [-0.2, -0.15) is 5.10 Å². The van der Waals surface area contributed by atoms with Crippen LogP contribution in [0, 0.1) is 25.2 Å². The number of esters is 1. The highest BCUT2D eigenvalue weighted by atomic mass is 16.5. The summed E-state index contributed by atoms with van der Waals surface area (Å²) >= 11 is 0. The van der Waals surface area contributed by atoms with Crippen molar-refractivity contribution < 1.29 is 19.1 Å². The van der Waals surface area contributed by atoms with Crippen molar-refractivity contribution in [2.75, 3.05) is 26.4 Å². The lowest BCUT2D eigenvalue weighted by Crippen LogP contribution is -2.41. The highest BCUT2D eigenvalue weighted by Crippen LogP contribution is 2.37. The normalized spacial score (nSPS) is 18.4. The van der Waals surface area contributed by atoms with E-state index in [0.717, 1.165) is 60.6 Å². The van der Waals surface area contributed by atoms with Gasteiger partial charge in [0.05, 0.1) is 29.1 Å². The third kappa shape index (κ3) is 4.83. The Morgan fingerprint density at radius 3 is 2.79 bits per heavy atom. The zero-order chi connectivity index (χ0) is 23.6. The van der Waals surface area contributed by atoms with Crippen LogP contribution >= 0.6 is 0 Å². The van der Waals surface area contributed by atoms with Crippen molar-refractivity contribution >= 4 is 11.9 Å². The zero-order valence-corrected chi connectivity index (χ0v) is 20.2. The smallest absolute Gasteiger partial charge is 0.338 e. The van der Waals surface area contributed by atoms with E-state index in [-0.39, 0.29) is 23.2 Å². The summed E-state index contributed by atoms with van der Waals surface area (Å²) in [5.74, 6) is -0.257. The second-order valence-electron chi connectivity index (χ2n) is 9.73. The lowest BCUT2D eigenvalue weighted by Gasteiger charge is -2.36. The maximum Gasteiger partial charge on any atom is 0.338 e. The largest absolute Gasteiger partial charge is 0.462 e. The van der Waals surface area contributed by atoms with Crippen molar-refractivity contribution in [1.29, 1.82) is 0 Å². The fourth-order valence-electron chi connectivity index (χ4n) is 4.94. The number of hydrogen-bond acceptors (Lipinski definition) is 5. The fraction of sp³-hybridized carbons (Fsp3) is 0.577. The molecular formula is C26H35N3O4. The number of carbonyl (C=O) groups is 2. The maximum atomic E-state index is 13.0. The third-order valence-electron chi connectivity index (χ3n) is 7.22. The molecule has 0 aliphatic carbocycles. The molecule has 1 fully saturated rings. The van der Waals surface area contributed by atoms with Gasteiger partial charge in [0.15, 0.2) is 0 Å². The first-order valence-electron chi connectivity index (χ1n) is 12.0. The van der Waals surface area contributed by atoms with Crippen molar-refractivity contribution in [1.82, 2.24) is 15.1 Å². The molecule has 178 valence electrons. The number of hydrogen-bond donors (Lipinski definition) is 1. The van der Waals surface area contributed by atoms with Crippen LogP contribution in [0.15, 0.2) is 18.2 Å². The molecule has 33 heavy (non-hydrogen) atoms. The van der Waals surface area contributed by atoms with E-state index < -0.39 is 0 Å². The molecular weight excluding hydrogens is 418 g/mol. The lowest BCUT2D eigenvalue weighted by molar-refractivity contribution is 0.0151. The van der Waals surface area contributed by atoms with E-state index in [4.69, 9.17) is 14.6 Å². The number of fused-ring (bicyclic) bond motifs is 1. The number of aryl methyl sites for hydroxylation is 2. The molecule has 2 aliphatic heterocycles. The summed E-state index contributed by atoms with van der Waals surface area (Å²) in [6, 6.07) is 5.68. The van der Waals surface area contributed by atoms with E-state index >= 15 is 0 Å². The van der Waals surface area contributed by atoms with Crippen molar-refractivity contribution in [3.05, 3.63) is 51.8 Å². The molecule has 2 aliphatic rings. The zero-order valence-electron chi connectivity index (χ0n) is 20.2. The molecule has 1 aromatic heterocycles. The summed E-state index contributed by atoms with van der Waals surface area (Å²) in [7, 11) is 0. The summed E-state index contributed by atoms with van der Waals surface area (Å²) in [6.45, 7) is 11.0. The van der Waals surface area contributed by atoms with Crippen LogP contribution in [0.1, 0.15) is 69.9 Å². The van der Waals surface area contributed by atoms with Gasteiger partial charge in [0.1, 0.15) is 0 Å². The third-order valence-corrected chi connectivity index (χ3v) is 7.22. The SMILES string of the molecule is CCc1nn(C[C@@H](C)COC(=O)c2cccc(C)c2C)c2c1C(=O)NCC1(CCOCC1)C2. The predicted octanol–water partition coefficient (Wildman–Crippen LogP) is 3.64. The van der Waals surface area contributed by atoms with Crippen LogP contribution in [-0.2, 0) is 28.9 Å². The average molecular weight is 454 g/mol. The van der Waals surface area contributed by atoms with E-state index in [1.54, 1.807) is 0 Å². The molecule has 7 heteroatoms. The molecule has 1 saturated heterocycles. The topological polar surface area (TPSA) is 82.5 Å². The minimum Gasteiger partial charge on any atom is -0.462 e. The second kappa shape index (κ2) is 9.67. The Kier molecular flexibility index (Phi) is 6.88. The summed E-state index contributed by atoms with van der Waals surface area (Å²) in [5.41, 5.74) is 5.24. The standard InChI is InChI=1S/C26H35N3O4/c1-5-21-23-22(13-26(16-27-24(23)30)9-11-32-12-10-26)29(28-21)14-17(2)15-33-25(31)20-8-6-7-18(3)19(20)4/h6-8,17H,5,9-16H2,1-4H3,(H,27,30)/t17-/m1/s1. The Hall–Kier alpha value is -2.67. The second-order valence-corrected chi connectivity index (χ2v) is 9.73.